The second-order valence-electron chi connectivity index (χ2n) is 2.78. The minimum absolute atomic E-state index is 0.568. The van der Waals surface area contributed by atoms with Crippen LogP contribution in [0.15, 0.2) is 23.8 Å². The molecule has 1 unspecified atom stereocenters. The summed E-state index contributed by atoms with van der Waals surface area (Å²) in [6, 6.07) is 0.568. The predicted molar refractivity (Wildman–Crippen MR) is 41.4 cm³/mol. The van der Waals surface area contributed by atoms with Crippen LogP contribution in [0, 0.1) is 0 Å². The van der Waals surface area contributed by atoms with Crippen LogP contribution >= 0.6 is 0 Å². The monoisotopic (exact) mass is 136 g/mol. The third kappa shape index (κ3) is 1.00. The summed E-state index contributed by atoms with van der Waals surface area (Å²) in [5, 5.41) is 0. The van der Waals surface area contributed by atoms with Gasteiger partial charge in [0.2, 0.25) is 0 Å². The average Bonchev–Trinajstić information content (AvgIpc) is 2.05. The first-order valence-corrected chi connectivity index (χ1v) is 3.81. The summed E-state index contributed by atoms with van der Waals surface area (Å²) in [5.41, 5.74) is 7.95. The Balaban J connectivity index is 2.14. The van der Waals surface area contributed by atoms with Gasteiger partial charge in [-0.05, 0) is 12.8 Å². The van der Waals surface area contributed by atoms with Gasteiger partial charge in [-0.1, -0.05) is 23.8 Å². The van der Waals surface area contributed by atoms with Crippen LogP contribution < -0.4 is 10.9 Å². The molecule has 0 aromatic rings. The van der Waals surface area contributed by atoms with E-state index in [-0.39, 0.29) is 0 Å². The van der Waals surface area contributed by atoms with Crippen LogP contribution in [0.4, 0.5) is 0 Å². The first-order valence-electron chi connectivity index (χ1n) is 3.81. The fourth-order valence-corrected chi connectivity index (χ4v) is 1.49. The molecule has 0 saturated carbocycles. The normalized spacial score (nSPS) is 31.2. The third-order valence-electron chi connectivity index (χ3n) is 2.08. The molecule has 1 heterocycles. The number of rotatable bonds is 0. The largest absolute Gasteiger partial charge is 0.257 e. The SMILES string of the molecule is C1=CCC2NNCCC2=C1. The van der Waals surface area contributed by atoms with Gasteiger partial charge in [0.25, 0.3) is 0 Å². The lowest BCUT2D eigenvalue weighted by Crippen LogP contribution is -2.47. The Morgan fingerprint density at radius 2 is 2.50 bits per heavy atom. The number of hydrogen-bond donors (Lipinski definition) is 2. The van der Waals surface area contributed by atoms with E-state index >= 15 is 0 Å². The van der Waals surface area contributed by atoms with Crippen molar-refractivity contribution in [3.63, 3.8) is 0 Å². The number of nitrogens with one attached hydrogen (secondary N) is 2. The zero-order valence-corrected chi connectivity index (χ0v) is 5.93. The molecule has 2 heteroatoms. The predicted octanol–water partition coefficient (Wildman–Crippen LogP) is 0.739. The molecule has 0 aromatic carbocycles. The molecular formula is C8H12N2. The van der Waals surface area contributed by atoms with Crippen LogP contribution in [0.5, 0.6) is 0 Å². The second kappa shape index (κ2) is 2.56. The van der Waals surface area contributed by atoms with Crippen molar-refractivity contribution < 1.29 is 0 Å². The van der Waals surface area contributed by atoms with Gasteiger partial charge >= 0.3 is 0 Å². The van der Waals surface area contributed by atoms with Crippen LogP contribution in [0.1, 0.15) is 12.8 Å². The summed E-state index contributed by atoms with van der Waals surface area (Å²) in [5.74, 6) is 0. The first kappa shape index (κ1) is 6.13. The molecule has 1 saturated heterocycles. The molecule has 2 nitrogen and oxygen atoms in total. The van der Waals surface area contributed by atoms with Gasteiger partial charge in [0.15, 0.2) is 0 Å². The van der Waals surface area contributed by atoms with Crippen LogP contribution in [0.3, 0.4) is 0 Å². The Labute approximate surface area is 61.0 Å². The number of hydrazine groups is 1. The van der Waals surface area contributed by atoms with Gasteiger partial charge < -0.3 is 0 Å². The molecule has 1 aliphatic heterocycles. The summed E-state index contributed by atoms with van der Waals surface area (Å²) in [6.07, 6.45) is 8.91. The van der Waals surface area contributed by atoms with Gasteiger partial charge in [-0.25, -0.2) is 0 Å². The molecule has 10 heavy (non-hydrogen) atoms. The van der Waals surface area contributed by atoms with E-state index < -0.39 is 0 Å². The average molecular weight is 136 g/mol. The maximum atomic E-state index is 3.25. The van der Waals surface area contributed by atoms with Gasteiger partial charge in [0, 0.05) is 12.6 Å². The topological polar surface area (TPSA) is 24.1 Å². The Bertz CT molecular complexity index is 182. The number of fused-ring (bicyclic) bond motifs is 1. The fourth-order valence-electron chi connectivity index (χ4n) is 1.49. The molecule has 0 aromatic heterocycles. The molecule has 54 valence electrons. The van der Waals surface area contributed by atoms with Crippen molar-refractivity contribution in [2.24, 2.45) is 0 Å². The highest BCUT2D eigenvalue weighted by molar-refractivity contribution is 5.24. The molecule has 1 atom stereocenters. The van der Waals surface area contributed by atoms with E-state index in [9.17, 15) is 0 Å². The number of allylic oxidation sites excluding steroid dienone is 2. The molecule has 0 radical (unpaired) electrons. The molecule has 2 N–H and O–H groups in total. The molecule has 2 aliphatic rings. The summed E-state index contributed by atoms with van der Waals surface area (Å²) in [4.78, 5) is 0. The van der Waals surface area contributed by atoms with Crippen molar-refractivity contribution in [1.82, 2.24) is 10.9 Å². The van der Waals surface area contributed by atoms with E-state index in [4.69, 9.17) is 0 Å². The van der Waals surface area contributed by atoms with E-state index in [1.807, 2.05) is 0 Å². The summed E-state index contributed by atoms with van der Waals surface area (Å²) in [6.45, 7) is 1.07. The Morgan fingerprint density at radius 3 is 3.40 bits per heavy atom. The van der Waals surface area contributed by atoms with Crippen molar-refractivity contribution in [2.75, 3.05) is 6.54 Å². The van der Waals surface area contributed by atoms with Crippen LogP contribution in [-0.2, 0) is 0 Å². The zero-order chi connectivity index (χ0) is 6.81. The molecule has 0 amide bonds. The summed E-state index contributed by atoms with van der Waals surface area (Å²) in [7, 11) is 0. The van der Waals surface area contributed by atoms with Crippen molar-refractivity contribution in [1.29, 1.82) is 0 Å². The van der Waals surface area contributed by atoms with Gasteiger partial charge in [-0.15, -0.1) is 0 Å². The van der Waals surface area contributed by atoms with E-state index in [1.165, 1.54) is 6.42 Å². The van der Waals surface area contributed by atoms with Gasteiger partial charge in [0.05, 0.1) is 0 Å². The zero-order valence-electron chi connectivity index (χ0n) is 5.93. The highest BCUT2D eigenvalue weighted by Gasteiger charge is 2.17. The molecule has 0 bridgehead atoms. The summed E-state index contributed by atoms with van der Waals surface area (Å²) < 4.78 is 0. The Kier molecular flexibility index (Phi) is 1.57. The maximum Gasteiger partial charge on any atom is 0.0460 e. The molecule has 1 aliphatic carbocycles. The van der Waals surface area contributed by atoms with E-state index in [0.717, 1.165) is 13.0 Å². The van der Waals surface area contributed by atoms with E-state index in [0.29, 0.717) is 6.04 Å². The standard InChI is InChI=1S/C8H12N2/c1-2-4-8-7(3-1)5-6-9-10-8/h1-3,8-10H,4-6H2. The minimum Gasteiger partial charge on any atom is -0.257 e. The van der Waals surface area contributed by atoms with Crippen molar-refractivity contribution in [3.05, 3.63) is 23.8 Å². The lowest BCUT2D eigenvalue weighted by molar-refractivity contribution is 0.413. The van der Waals surface area contributed by atoms with Gasteiger partial charge in [-0.2, -0.15) is 0 Å². The van der Waals surface area contributed by atoms with Crippen LogP contribution in [0.2, 0.25) is 0 Å². The van der Waals surface area contributed by atoms with Gasteiger partial charge in [-0.3, -0.25) is 10.9 Å². The van der Waals surface area contributed by atoms with Crippen molar-refractivity contribution in [3.8, 4) is 0 Å². The lowest BCUT2D eigenvalue weighted by Gasteiger charge is -2.28. The second-order valence-corrected chi connectivity index (χ2v) is 2.78. The first-order chi connectivity index (χ1) is 4.97. The highest BCUT2D eigenvalue weighted by atomic mass is 15.4. The Hall–Kier alpha value is -0.600. The quantitative estimate of drug-likeness (QED) is 0.513. The van der Waals surface area contributed by atoms with Gasteiger partial charge in [0.1, 0.15) is 0 Å². The fraction of sp³-hybridized carbons (Fsp3) is 0.500. The Morgan fingerprint density at radius 1 is 1.50 bits per heavy atom. The molecule has 0 spiro atoms. The molecular weight excluding hydrogens is 124 g/mol. The van der Waals surface area contributed by atoms with E-state index in [2.05, 4.69) is 29.1 Å². The van der Waals surface area contributed by atoms with Crippen molar-refractivity contribution in [2.45, 2.75) is 18.9 Å². The molecule has 2 rings (SSSR count). The highest BCUT2D eigenvalue weighted by Crippen LogP contribution is 2.17. The minimum atomic E-state index is 0.568. The lowest BCUT2D eigenvalue weighted by atomic mass is 9.96. The third-order valence-corrected chi connectivity index (χ3v) is 2.08. The maximum absolute atomic E-state index is 3.25. The molecule has 1 fully saturated rings. The van der Waals surface area contributed by atoms with E-state index in [1.54, 1.807) is 5.57 Å². The van der Waals surface area contributed by atoms with Crippen LogP contribution in [0.25, 0.3) is 0 Å². The van der Waals surface area contributed by atoms with Crippen molar-refractivity contribution >= 4 is 0 Å². The summed E-state index contributed by atoms with van der Waals surface area (Å²) >= 11 is 0. The smallest absolute Gasteiger partial charge is 0.0460 e. The van der Waals surface area contributed by atoms with Crippen LogP contribution in [-0.4, -0.2) is 12.6 Å². The number of hydrogen-bond acceptors (Lipinski definition) is 2.